The predicted molar refractivity (Wildman–Crippen MR) is 95.6 cm³/mol. The first kappa shape index (κ1) is 16.6. The van der Waals surface area contributed by atoms with Crippen molar-refractivity contribution < 1.29 is 13.9 Å². The topological polar surface area (TPSA) is 24.9 Å². The Labute approximate surface area is 151 Å². The van der Waals surface area contributed by atoms with Crippen LogP contribution < -0.4 is 9.64 Å². The molecule has 0 saturated carbocycles. The van der Waals surface area contributed by atoms with Gasteiger partial charge in [-0.25, -0.2) is 4.39 Å². The van der Waals surface area contributed by atoms with E-state index in [-0.39, 0.29) is 12.6 Å². The Morgan fingerprint density at radius 3 is 2.68 bits per heavy atom. The molecule has 2 heterocycles. The highest BCUT2D eigenvalue weighted by molar-refractivity contribution is 6.33. The van der Waals surface area contributed by atoms with E-state index >= 15 is 0 Å². The van der Waals surface area contributed by atoms with Crippen molar-refractivity contribution in [1.82, 2.24) is 4.90 Å². The second-order valence-corrected chi connectivity index (χ2v) is 6.79. The van der Waals surface area contributed by atoms with Crippen LogP contribution in [0.4, 0.5) is 10.1 Å². The third-order valence-corrected chi connectivity index (χ3v) is 5.03. The summed E-state index contributed by atoms with van der Waals surface area (Å²) in [5.74, 6) is 0.540. The smallest absolute Gasteiger partial charge is 0.189 e. The summed E-state index contributed by atoms with van der Waals surface area (Å²) in [5.41, 5.74) is 2.76. The highest BCUT2D eigenvalue weighted by atomic mass is 35.5. The summed E-state index contributed by atoms with van der Waals surface area (Å²) in [7, 11) is 0. The standard InChI is InChI=1S/C19H20ClFN2O2/c20-17-3-1-2-4-18(17)23-7-5-22(6-8-23)11-14-9-16(21)10-15-12-24-13-25-19(14)15/h1-4,9-10H,5-8,11-13H2. The van der Waals surface area contributed by atoms with Crippen LogP contribution in [0.25, 0.3) is 0 Å². The second-order valence-electron chi connectivity index (χ2n) is 6.38. The number of ether oxygens (including phenoxy) is 2. The third-order valence-electron chi connectivity index (χ3n) is 4.71. The minimum atomic E-state index is -0.238. The van der Waals surface area contributed by atoms with Gasteiger partial charge in [-0.05, 0) is 24.3 Å². The largest absolute Gasteiger partial charge is 0.467 e. The average molecular weight is 363 g/mol. The van der Waals surface area contributed by atoms with Crippen molar-refractivity contribution in [1.29, 1.82) is 0 Å². The second kappa shape index (κ2) is 7.20. The zero-order valence-corrected chi connectivity index (χ0v) is 14.6. The molecule has 0 aromatic heterocycles. The molecule has 0 bridgehead atoms. The van der Waals surface area contributed by atoms with E-state index in [2.05, 4.69) is 15.9 Å². The molecule has 6 heteroatoms. The summed E-state index contributed by atoms with van der Waals surface area (Å²) >= 11 is 6.30. The van der Waals surface area contributed by atoms with Gasteiger partial charge < -0.3 is 14.4 Å². The lowest BCUT2D eigenvalue weighted by Crippen LogP contribution is -2.46. The van der Waals surface area contributed by atoms with Crippen LogP contribution >= 0.6 is 11.6 Å². The lowest BCUT2D eigenvalue weighted by molar-refractivity contribution is -0.0177. The molecular weight excluding hydrogens is 343 g/mol. The third kappa shape index (κ3) is 3.59. The van der Waals surface area contributed by atoms with Crippen LogP contribution in [0.5, 0.6) is 5.75 Å². The Morgan fingerprint density at radius 2 is 1.88 bits per heavy atom. The minimum Gasteiger partial charge on any atom is -0.467 e. The quantitative estimate of drug-likeness (QED) is 0.831. The van der Waals surface area contributed by atoms with E-state index in [0.717, 1.165) is 53.8 Å². The maximum absolute atomic E-state index is 13.9. The Bertz CT molecular complexity index is 763. The molecule has 0 aliphatic carbocycles. The van der Waals surface area contributed by atoms with Crippen LogP contribution in [0, 0.1) is 5.82 Å². The summed E-state index contributed by atoms with van der Waals surface area (Å²) in [4.78, 5) is 4.62. The van der Waals surface area contributed by atoms with E-state index in [4.69, 9.17) is 21.1 Å². The average Bonchev–Trinajstić information content (AvgIpc) is 2.63. The van der Waals surface area contributed by atoms with Crippen molar-refractivity contribution in [3.05, 3.63) is 58.4 Å². The summed E-state index contributed by atoms with van der Waals surface area (Å²) in [6.45, 7) is 4.89. The number of halogens is 2. The maximum atomic E-state index is 13.9. The Morgan fingerprint density at radius 1 is 1.08 bits per heavy atom. The van der Waals surface area contributed by atoms with E-state index in [9.17, 15) is 4.39 Å². The molecule has 4 rings (SSSR count). The van der Waals surface area contributed by atoms with E-state index in [0.29, 0.717) is 13.2 Å². The molecule has 2 aliphatic rings. The van der Waals surface area contributed by atoms with Crippen LogP contribution in [-0.2, 0) is 17.9 Å². The first-order valence-corrected chi connectivity index (χ1v) is 8.82. The van der Waals surface area contributed by atoms with E-state index in [1.54, 1.807) is 6.07 Å². The van der Waals surface area contributed by atoms with Crippen LogP contribution in [0.1, 0.15) is 11.1 Å². The molecular formula is C19H20ClFN2O2. The molecule has 0 spiro atoms. The summed E-state index contributed by atoms with van der Waals surface area (Å²) in [5, 5.41) is 0.781. The summed E-state index contributed by atoms with van der Waals surface area (Å²) in [6.07, 6.45) is 0. The van der Waals surface area contributed by atoms with Gasteiger partial charge in [-0.2, -0.15) is 0 Å². The molecule has 2 aromatic rings. The zero-order valence-electron chi connectivity index (χ0n) is 13.9. The summed E-state index contributed by atoms with van der Waals surface area (Å²) < 4.78 is 24.7. The number of fused-ring (bicyclic) bond motifs is 1. The number of piperazine rings is 1. The number of benzene rings is 2. The Balaban J connectivity index is 1.44. The molecule has 0 radical (unpaired) electrons. The van der Waals surface area contributed by atoms with Crippen molar-refractivity contribution in [2.45, 2.75) is 13.2 Å². The first-order chi connectivity index (χ1) is 12.2. The number of para-hydroxylation sites is 1. The van der Waals surface area contributed by atoms with Gasteiger partial charge in [-0.3, -0.25) is 4.90 Å². The van der Waals surface area contributed by atoms with Gasteiger partial charge in [-0.1, -0.05) is 23.7 Å². The fraction of sp³-hybridized carbons (Fsp3) is 0.368. The van der Waals surface area contributed by atoms with Crippen molar-refractivity contribution >= 4 is 17.3 Å². The van der Waals surface area contributed by atoms with Gasteiger partial charge in [0.05, 0.1) is 17.3 Å². The first-order valence-electron chi connectivity index (χ1n) is 8.44. The molecule has 1 saturated heterocycles. The van der Waals surface area contributed by atoms with Gasteiger partial charge in [-0.15, -0.1) is 0 Å². The van der Waals surface area contributed by atoms with Gasteiger partial charge in [0, 0.05) is 43.9 Å². The minimum absolute atomic E-state index is 0.228. The Kier molecular flexibility index (Phi) is 4.79. The molecule has 132 valence electrons. The predicted octanol–water partition coefficient (Wildman–Crippen LogP) is 3.67. The van der Waals surface area contributed by atoms with Gasteiger partial charge in [0.25, 0.3) is 0 Å². The number of anilines is 1. The summed E-state index contributed by atoms with van der Waals surface area (Å²) in [6, 6.07) is 11.0. The van der Waals surface area contributed by atoms with Gasteiger partial charge >= 0.3 is 0 Å². The fourth-order valence-electron chi connectivity index (χ4n) is 3.47. The highest BCUT2D eigenvalue weighted by Crippen LogP contribution is 2.31. The van der Waals surface area contributed by atoms with Gasteiger partial charge in [0.2, 0.25) is 0 Å². The maximum Gasteiger partial charge on any atom is 0.189 e. The van der Waals surface area contributed by atoms with Crippen molar-refractivity contribution in [3.63, 3.8) is 0 Å². The van der Waals surface area contributed by atoms with Crippen molar-refractivity contribution in [2.75, 3.05) is 37.9 Å². The van der Waals surface area contributed by atoms with Crippen molar-refractivity contribution in [2.24, 2.45) is 0 Å². The molecule has 25 heavy (non-hydrogen) atoms. The number of hydrogen-bond donors (Lipinski definition) is 0. The Hall–Kier alpha value is -1.82. The molecule has 0 atom stereocenters. The SMILES string of the molecule is Fc1cc2c(c(CN3CCN(c4ccccc4Cl)CC3)c1)OCOC2. The number of nitrogens with zero attached hydrogens (tertiary/aromatic N) is 2. The van der Waals surface area contributed by atoms with Crippen LogP contribution in [0.2, 0.25) is 5.02 Å². The number of rotatable bonds is 3. The molecule has 0 N–H and O–H groups in total. The van der Waals surface area contributed by atoms with Crippen LogP contribution in [0.3, 0.4) is 0 Å². The zero-order chi connectivity index (χ0) is 17.2. The molecule has 2 aromatic carbocycles. The van der Waals surface area contributed by atoms with Gasteiger partial charge in [0.15, 0.2) is 6.79 Å². The molecule has 1 fully saturated rings. The van der Waals surface area contributed by atoms with E-state index in [1.807, 2.05) is 18.2 Å². The highest BCUT2D eigenvalue weighted by Gasteiger charge is 2.22. The molecule has 0 unspecified atom stereocenters. The molecule has 4 nitrogen and oxygen atoms in total. The lowest BCUT2D eigenvalue weighted by atomic mass is 10.1. The van der Waals surface area contributed by atoms with Crippen LogP contribution in [-0.4, -0.2) is 37.9 Å². The van der Waals surface area contributed by atoms with E-state index in [1.165, 1.54) is 6.07 Å². The fourth-order valence-corrected chi connectivity index (χ4v) is 3.73. The monoisotopic (exact) mass is 362 g/mol. The molecule has 0 amide bonds. The number of hydrogen-bond acceptors (Lipinski definition) is 4. The van der Waals surface area contributed by atoms with Gasteiger partial charge in [0.1, 0.15) is 11.6 Å². The van der Waals surface area contributed by atoms with Crippen molar-refractivity contribution in [3.8, 4) is 5.75 Å². The normalized spacial score (nSPS) is 17.9. The lowest BCUT2D eigenvalue weighted by Gasteiger charge is -2.37. The van der Waals surface area contributed by atoms with Crippen LogP contribution in [0.15, 0.2) is 36.4 Å². The van der Waals surface area contributed by atoms with E-state index < -0.39 is 0 Å². The molecule has 2 aliphatic heterocycles.